The molecule has 0 saturated heterocycles. The summed E-state index contributed by atoms with van der Waals surface area (Å²) in [5.41, 5.74) is 10.7. The topological polar surface area (TPSA) is 178 Å². The zero-order chi connectivity index (χ0) is 72.1. The van der Waals surface area contributed by atoms with Crippen molar-refractivity contribution in [2.45, 2.75) is 186 Å². The number of carbonyl (C=O) groups is 1. The molecule has 1 aliphatic carbocycles. The Balaban J connectivity index is 0.0000123. The molecule has 2 aliphatic heterocycles. The van der Waals surface area contributed by atoms with Crippen LogP contribution in [-0.4, -0.2) is 75.3 Å². The van der Waals surface area contributed by atoms with E-state index in [4.69, 9.17) is 68.3 Å². The fourth-order valence-electron chi connectivity index (χ4n) is 12.0. The smallest absolute Gasteiger partial charge is 0.490 e. The fourth-order valence-corrected chi connectivity index (χ4v) is 12.0. The summed E-state index contributed by atoms with van der Waals surface area (Å²) in [6.07, 6.45) is 40.9. The minimum atomic E-state index is -0.0260. The largest absolute Gasteiger partial charge is 2.00 e. The number of unbranched alkanes of at least 4 members (excludes halogenated alkanes) is 6. The van der Waals surface area contributed by atoms with E-state index < -0.39 is 0 Å². The third kappa shape index (κ3) is 20.5. The van der Waals surface area contributed by atoms with Crippen LogP contribution in [0.25, 0.3) is 89.7 Å². The Morgan fingerprint density at radius 1 is 0.456 bits per heavy atom. The predicted octanol–water partition coefficient (Wildman–Crippen LogP) is 21.7. The van der Waals surface area contributed by atoms with Crippen LogP contribution in [0, 0.1) is 11.3 Å². The summed E-state index contributed by atoms with van der Waals surface area (Å²) in [7, 11) is 0. The first kappa shape index (κ1) is 78.1. The molecule has 1 atom stereocenters. The van der Waals surface area contributed by atoms with E-state index in [1.807, 2.05) is 98.8 Å². The van der Waals surface area contributed by atoms with Crippen LogP contribution >= 0.6 is 0 Å². The standard InChI is InChI=1S/C87H104N8O7.Zn/c1-14-20-42-97-73-51-66-67(52-74(73)98-43-21-15-2)83-91-81(66)89-79-64-39-37-62(50-72(96)61(11)35-29-34-58(8)31-27-26-30-57(7)32-28-33-59(9)36-38-63-48-60(10)40-41-87(63,12)13)49-65(64)80(88-79)90-82-68-53-75(99-44-22-16-3)76(100-45-23-17-4)54-69(68)84(92-82)94-86-71-56-78(102-47-25-19-6)77(101-46-24-18-5)55-70(71)85(93-83)95-86;/h26-39,48-49,51-56,63H,14-25,40-47,50H2,1-13H3;/q-2;+2/b27-26+,32-28+,34-29+,38-36+,57-30-,58-31-,59-33+,61-35-;. The molecule has 4 aromatic carbocycles. The summed E-state index contributed by atoms with van der Waals surface area (Å²) in [6.45, 7) is 30.9. The average molecular weight is 1440 g/mol. The first-order chi connectivity index (χ1) is 49.5. The Hall–Kier alpha value is -9.01. The molecule has 16 heteroatoms. The van der Waals surface area contributed by atoms with Crippen molar-refractivity contribution in [1.29, 1.82) is 0 Å². The first-order valence-corrected chi connectivity index (χ1v) is 37.3. The molecule has 15 nitrogen and oxygen atoms in total. The molecular weight excluding hydrogens is 1330 g/mol. The van der Waals surface area contributed by atoms with Gasteiger partial charge >= 0.3 is 19.5 Å². The molecule has 5 heterocycles. The summed E-state index contributed by atoms with van der Waals surface area (Å²) in [4.78, 5) is 56.9. The summed E-state index contributed by atoms with van der Waals surface area (Å²) < 4.78 is 39.2. The van der Waals surface area contributed by atoms with Gasteiger partial charge in [0.1, 0.15) is 0 Å². The van der Waals surface area contributed by atoms with Gasteiger partial charge in [0.15, 0.2) is 40.3 Å². The van der Waals surface area contributed by atoms with Crippen LogP contribution in [0.4, 0.5) is 0 Å². The number of hydrogen-bond acceptors (Lipinski definition) is 13. The molecule has 0 amide bonds. The number of nitrogens with zero attached hydrogens (tertiary/aromatic N) is 8. The predicted molar refractivity (Wildman–Crippen MR) is 417 cm³/mol. The van der Waals surface area contributed by atoms with Gasteiger partial charge in [-0.15, -0.1) is 0 Å². The van der Waals surface area contributed by atoms with Crippen molar-refractivity contribution in [3.63, 3.8) is 0 Å². The molecule has 0 N–H and O–H groups in total. The molecule has 10 rings (SSSR count). The zero-order valence-electron chi connectivity index (χ0n) is 63.3. The number of Topliss-reactive ketones (excluding diaryl/α,β-unsaturated/α-hetero) is 1. The minimum absolute atomic E-state index is 0. The van der Waals surface area contributed by atoms with Crippen LogP contribution in [0.5, 0.6) is 34.5 Å². The second kappa shape index (κ2) is 38.0. The molecule has 0 saturated carbocycles. The molecule has 103 heavy (non-hydrogen) atoms. The van der Waals surface area contributed by atoms with Gasteiger partial charge in [-0.3, -0.25) is 4.79 Å². The molecule has 536 valence electrons. The summed E-state index contributed by atoms with van der Waals surface area (Å²) >= 11 is 0. The third-order valence-electron chi connectivity index (χ3n) is 18.6. The first-order valence-electron chi connectivity index (χ1n) is 37.3. The van der Waals surface area contributed by atoms with Crippen LogP contribution in [-0.2, 0) is 30.7 Å². The van der Waals surface area contributed by atoms with Crippen LogP contribution in [0.3, 0.4) is 0 Å². The monoisotopic (exact) mass is 1440 g/mol. The van der Waals surface area contributed by atoms with Gasteiger partial charge < -0.3 is 58.3 Å². The van der Waals surface area contributed by atoms with Crippen LogP contribution < -0.4 is 38.4 Å². The Morgan fingerprint density at radius 3 is 1.20 bits per heavy atom. The third-order valence-corrected chi connectivity index (χ3v) is 18.6. The van der Waals surface area contributed by atoms with Gasteiger partial charge in [0.25, 0.3) is 0 Å². The normalized spacial score (nSPS) is 14.8. The van der Waals surface area contributed by atoms with Crippen molar-refractivity contribution >= 4 is 49.9 Å². The van der Waals surface area contributed by atoms with Crippen molar-refractivity contribution in [3.8, 4) is 80.0 Å². The van der Waals surface area contributed by atoms with Crippen molar-refractivity contribution in [1.82, 2.24) is 39.9 Å². The molecule has 8 bridgehead atoms. The van der Waals surface area contributed by atoms with Gasteiger partial charge in [-0.1, -0.05) is 207 Å². The van der Waals surface area contributed by atoms with Gasteiger partial charge in [0.2, 0.25) is 0 Å². The Kier molecular flexibility index (Phi) is 28.8. The second-order valence-corrected chi connectivity index (χ2v) is 27.8. The average Bonchev–Trinajstić information content (AvgIpc) is 1.60. The molecule has 3 aromatic heterocycles. The van der Waals surface area contributed by atoms with Crippen LogP contribution in [0.1, 0.15) is 185 Å². The van der Waals surface area contributed by atoms with Gasteiger partial charge in [0.05, 0.1) is 62.9 Å². The molecule has 3 aliphatic rings. The number of ether oxygens (including phenoxy) is 6. The second-order valence-electron chi connectivity index (χ2n) is 27.8. The number of benzene rings is 4. The maximum Gasteiger partial charge on any atom is 2.00 e. The summed E-state index contributed by atoms with van der Waals surface area (Å²) in [6, 6.07) is 17.7. The molecule has 7 aromatic rings. The number of hydrogen-bond donors (Lipinski definition) is 0. The quantitative estimate of drug-likeness (QED) is 0.0120. The van der Waals surface area contributed by atoms with Crippen molar-refractivity contribution in [2.24, 2.45) is 11.3 Å². The Bertz CT molecular complexity index is 4610. The van der Waals surface area contributed by atoms with E-state index in [1.165, 1.54) is 24.0 Å². The minimum Gasteiger partial charge on any atom is -0.490 e. The fraction of sp³-hybridized carbons (Fsp3) is 0.414. The van der Waals surface area contributed by atoms with E-state index in [-0.39, 0.29) is 37.1 Å². The number of fused-ring (bicyclic) bond motifs is 20. The van der Waals surface area contributed by atoms with E-state index in [9.17, 15) is 4.79 Å². The van der Waals surface area contributed by atoms with E-state index in [1.54, 1.807) is 0 Å². The van der Waals surface area contributed by atoms with Gasteiger partial charge in [-0.2, -0.15) is 0 Å². The summed E-state index contributed by atoms with van der Waals surface area (Å²) in [5, 5.41) is 2.74. The van der Waals surface area contributed by atoms with Crippen molar-refractivity contribution in [2.75, 3.05) is 39.6 Å². The molecule has 0 spiro atoms. The molecule has 1 unspecified atom stereocenters. The van der Waals surface area contributed by atoms with Crippen LogP contribution in [0.15, 0.2) is 161 Å². The van der Waals surface area contributed by atoms with Crippen LogP contribution in [0.2, 0.25) is 0 Å². The number of aromatic nitrogens is 8. The van der Waals surface area contributed by atoms with Gasteiger partial charge in [-0.25, -0.2) is 9.97 Å². The molecular formula is C87H104N8O7Zn. The SMILES string of the molecule is CCCCOc1cc2c(cc1OCCCC)-c1nc-2nc2[n-]c(nc3nc(nc4[n-]c(n1)c1cc(OCCCC)c(OCCCC)cc41)-c1cc(OCCCC)c(OCCCC)cc1-3)c1cc(CC(=O)\C(C)=C/C=C/C(C)=C\C=C\C=C(C)/C=C/C=C(C)/C=C/C3C=C(C)CCC3(C)C)ccc21.[Zn+2]. The molecule has 0 fully saturated rings. The van der Waals surface area contributed by atoms with E-state index in [2.05, 4.69) is 125 Å². The van der Waals surface area contributed by atoms with E-state index in [0.29, 0.717) is 175 Å². The van der Waals surface area contributed by atoms with Gasteiger partial charge in [0, 0.05) is 57.2 Å². The maximum absolute atomic E-state index is 14.3. The number of ketones is 1. The van der Waals surface area contributed by atoms with Crippen molar-refractivity contribution < 1.29 is 52.7 Å². The number of carbonyl (C=O) groups excluding carboxylic acids is 1. The summed E-state index contributed by atoms with van der Waals surface area (Å²) in [5.74, 6) is 5.35. The van der Waals surface area contributed by atoms with E-state index >= 15 is 0 Å². The van der Waals surface area contributed by atoms with Crippen molar-refractivity contribution in [3.05, 3.63) is 167 Å². The van der Waals surface area contributed by atoms with Gasteiger partial charge in [-0.05, 0) is 167 Å². The Morgan fingerprint density at radius 2 is 0.806 bits per heavy atom. The zero-order valence-corrected chi connectivity index (χ0v) is 66.2. The molecule has 0 radical (unpaired) electrons. The maximum atomic E-state index is 14.3. The number of allylic oxidation sites excluding steroid dienone is 18. The Labute approximate surface area is 623 Å². The number of rotatable bonds is 35. The van der Waals surface area contributed by atoms with E-state index in [0.717, 1.165) is 93.8 Å².